The second-order valence-corrected chi connectivity index (χ2v) is 5.84. The maximum absolute atomic E-state index is 12.5. The van der Waals surface area contributed by atoms with E-state index in [4.69, 9.17) is 17.3 Å². The summed E-state index contributed by atoms with van der Waals surface area (Å²) in [6.45, 7) is 1.86. The molecule has 0 spiro atoms. The fraction of sp³-hybridized carbons (Fsp3) is 0.235. The molecule has 0 bridgehead atoms. The Balaban J connectivity index is 1.83. The van der Waals surface area contributed by atoms with E-state index < -0.39 is 0 Å². The molecule has 1 aliphatic rings. The Kier molecular flexibility index (Phi) is 3.60. The molecule has 0 heterocycles. The third-order valence-electron chi connectivity index (χ3n) is 4.06. The fourth-order valence-corrected chi connectivity index (χ4v) is 3.05. The quantitative estimate of drug-likeness (QED) is 0.832. The van der Waals surface area contributed by atoms with Crippen LogP contribution in [0.25, 0.3) is 0 Å². The first kappa shape index (κ1) is 14.0. The lowest BCUT2D eigenvalue weighted by Crippen LogP contribution is -2.27. The summed E-state index contributed by atoms with van der Waals surface area (Å²) in [5, 5.41) is 3.71. The summed E-state index contributed by atoms with van der Waals surface area (Å²) >= 11 is 6.08. The second-order valence-electron chi connectivity index (χ2n) is 5.44. The Morgan fingerprint density at radius 3 is 2.95 bits per heavy atom. The van der Waals surface area contributed by atoms with Gasteiger partial charge in [-0.3, -0.25) is 4.79 Å². The molecule has 2 aromatic rings. The first-order valence-electron chi connectivity index (χ1n) is 7.00. The van der Waals surface area contributed by atoms with Gasteiger partial charge in [0.15, 0.2) is 0 Å². The molecule has 108 valence electrons. The van der Waals surface area contributed by atoms with Gasteiger partial charge in [0.05, 0.1) is 6.04 Å². The zero-order valence-corrected chi connectivity index (χ0v) is 12.6. The summed E-state index contributed by atoms with van der Waals surface area (Å²) < 4.78 is 0. The summed E-state index contributed by atoms with van der Waals surface area (Å²) in [6.07, 6.45) is 1.85. The molecule has 0 aliphatic heterocycles. The van der Waals surface area contributed by atoms with Gasteiger partial charge < -0.3 is 11.1 Å². The molecule has 1 atom stereocenters. The van der Waals surface area contributed by atoms with E-state index in [-0.39, 0.29) is 11.9 Å². The molecular formula is C17H17ClN2O. The van der Waals surface area contributed by atoms with Gasteiger partial charge in [-0.05, 0) is 60.7 Å². The van der Waals surface area contributed by atoms with Crippen molar-refractivity contribution in [3.63, 3.8) is 0 Å². The average Bonchev–Trinajstić information content (AvgIpc) is 2.84. The fourth-order valence-electron chi connectivity index (χ4n) is 2.88. The van der Waals surface area contributed by atoms with Crippen molar-refractivity contribution in [2.75, 3.05) is 5.73 Å². The molecule has 0 saturated carbocycles. The largest absolute Gasteiger partial charge is 0.399 e. The van der Waals surface area contributed by atoms with Gasteiger partial charge in [-0.2, -0.15) is 0 Å². The minimum atomic E-state index is -0.0790. The standard InChI is InChI=1S/C17H17ClN2O/c1-10-13(3-2-4-15(10)18)17(21)20-16-8-5-11-9-12(19)6-7-14(11)16/h2-4,6-7,9,16H,5,8,19H2,1H3,(H,20,21). The summed E-state index contributed by atoms with van der Waals surface area (Å²) in [4.78, 5) is 12.5. The van der Waals surface area contributed by atoms with Gasteiger partial charge in [0.25, 0.3) is 5.91 Å². The lowest BCUT2D eigenvalue weighted by atomic mass is 10.1. The molecule has 1 amide bonds. The lowest BCUT2D eigenvalue weighted by Gasteiger charge is -2.15. The highest BCUT2D eigenvalue weighted by molar-refractivity contribution is 6.31. The Morgan fingerprint density at radius 1 is 1.33 bits per heavy atom. The van der Waals surface area contributed by atoms with Crippen molar-refractivity contribution in [2.45, 2.75) is 25.8 Å². The number of nitrogen functional groups attached to an aromatic ring is 1. The maximum atomic E-state index is 12.5. The summed E-state index contributed by atoms with van der Waals surface area (Å²) in [5.74, 6) is -0.0790. The highest BCUT2D eigenvalue weighted by Gasteiger charge is 2.24. The van der Waals surface area contributed by atoms with Crippen LogP contribution >= 0.6 is 11.6 Å². The van der Waals surface area contributed by atoms with Crippen LogP contribution in [0.2, 0.25) is 5.02 Å². The number of hydrogen-bond acceptors (Lipinski definition) is 2. The van der Waals surface area contributed by atoms with E-state index in [0.717, 1.165) is 29.7 Å². The van der Waals surface area contributed by atoms with E-state index in [9.17, 15) is 4.79 Å². The SMILES string of the molecule is Cc1c(Cl)cccc1C(=O)NC1CCc2cc(N)ccc21. The van der Waals surface area contributed by atoms with Gasteiger partial charge in [-0.1, -0.05) is 23.7 Å². The predicted molar refractivity (Wildman–Crippen MR) is 85.6 cm³/mol. The zero-order valence-electron chi connectivity index (χ0n) is 11.8. The van der Waals surface area contributed by atoms with Crippen LogP contribution in [-0.4, -0.2) is 5.91 Å². The number of halogens is 1. The second kappa shape index (κ2) is 5.41. The van der Waals surface area contributed by atoms with Crippen LogP contribution in [0.4, 0.5) is 5.69 Å². The van der Waals surface area contributed by atoms with Gasteiger partial charge in [0, 0.05) is 16.3 Å². The molecule has 0 aromatic heterocycles. The van der Waals surface area contributed by atoms with Crippen molar-refractivity contribution >= 4 is 23.2 Å². The molecule has 1 aliphatic carbocycles. The van der Waals surface area contributed by atoms with E-state index in [0.29, 0.717) is 10.6 Å². The van der Waals surface area contributed by atoms with Crippen LogP contribution in [0.1, 0.15) is 39.5 Å². The molecular weight excluding hydrogens is 284 g/mol. The number of benzene rings is 2. The van der Waals surface area contributed by atoms with Crippen molar-refractivity contribution in [1.82, 2.24) is 5.32 Å². The van der Waals surface area contributed by atoms with Crippen LogP contribution in [0, 0.1) is 6.92 Å². The van der Waals surface area contributed by atoms with Gasteiger partial charge >= 0.3 is 0 Å². The van der Waals surface area contributed by atoms with Crippen LogP contribution < -0.4 is 11.1 Å². The molecule has 1 unspecified atom stereocenters. The Hall–Kier alpha value is -2.00. The monoisotopic (exact) mass is 300 g/mol. The van der Waals surface area contributed by atoms with Crippen molar-refractivity contribution in [2.24, 2.45) is 0 Å². The number of rotatable bonds is 2. The first-order chi connectivity index (χ1) is 10.1. The van der Waals surface area contributed by atoms with E-state index in [1.54, 1.807) is 18.2 Å². The number of nitrogens with one attached hydrogen (secondary N) is 1. The minimum Gasteiger partial charge on any atom is -0.399 e. The molecule has 2 aromatic carbocycles. The van der Waals surface area contributed by atoms with E-state index in [1.807, 2.05) is 25.1 Å². The maximum Gasteiger partial charge on any atom is 0.252 e. The number of carbonyl (C=O) groups is 1. The smallest absolute Gasteiger partial charge is 0.252 e. The zero-order chi connectivity index (χ0) is 15.0. The van der Waals surface area contributed by atoms with Gasteiger partial charge in [-0.15, -0.1) is 0 Å². The molecule has 0 radical (unpaired) electrons. The Bertz CT molecular complexity index is 712. The van der Waals surface area contributed by atoms with Gasteiger partial charge in [0.1, 0.15) is 0 Å². The third-order valence-corrected chi connectivity index (χ3v) is 4.47. The number of aryl methyl sites for hydroxylation is 1. The van der Waals surface area contributed by atoms with E-state index in [2.05, 4.69) is 5.32 Å². The molecule has 0 saturated heterocycles. The highest BCUT2D eigenvalue weighted by atomic mass is 35.5. The average molecular weight is 301 g/mol. The molecule has 4 heteroatoms. The van der Waals surface area contributed by atoms with Crippen LogP contribution in [-0.2, 0) is 6.42 Å². The van der Waals surface area contributed by atoms with E-state index >= 15 is 0 Å². The third kappa shape index (κ3) is 2.61. The molecule has 0 fully saturated rings. The van der Waals surface area contributed by atoms with Crippen LogP contribution in [0.3, 0.4) is 0 Å². The molecule has 3 nitrogen and oxygen atoms in total. The molecule has 3 N–H and O–H groups in total. The number of anilines is 1. The predicted octanol–water partition coefficient (Wildman–Crippen LogP) is 3.65. The molecule has 3 rings (SSSR count). The normalized spacial score (nSPS) is 16.6. The van der Waals surface area contributed by atoms with Crippen LogP contribution in [0.5, 0.6) is 0 Å². The van der Waals surface area contributed by atoms with Crippen molar-refractivity contribution in [3.8, 4) is 0 Å². The Labute approximate surface area is 129 Å². The topological polar surface area (TPSA) is 55.1 Å². The number of carbonyl (C=O) groups excluding carboxylic acids is 1. The first-order valence-corrected chi connectivity index (χ1v) is 7.38. The number of amides is 1. The lowest BCUT2D eigenvalue weighted by molar-refractivity contribution is 0.0936. The van der Waals surface area contributed by atoms with Crippen molar-refractivity contribution in [1.29, 1.82) is 0 Å². The van der Waals surface area contributed by atoms with Crippen LogP contribution in [0.15, 0.2) is 36.4 Å². The Morgan fingerprint density at radius 2 is 2.14 bits per heavy atom. The summed E-state index contributed by atoms with van der Waals surface area (Å²) in [6, 6.07) is 11.3. The minimum absolute atomic E-state index is 0.0477. The van der Waals surface area contributed by atoms with Crippen molar-refractivity contribution < 1.29 is 4.79 Å². The number of fused-ring (bicyclic) bond motifs is 1. The van der Waals surface area contributed by atoms with E-state index in [1.165, 1.54) is 5.56 Å². The number of nitrogens with two attached hydrogens (primary N) is 1. The summed E-state index contributed by atoms with van der Waals surface area (Å²) in [5.41, 5.74) is 10.4. The molecule has 21 heavy (non-hydrogen) atoms. The highest BCUT2D eigenvalue weighted by Crippen LogP contribution is 2.32. The van der Waals surface area contributed by atoms with Gasteiger partial charge in [0.2, 0.25) is 0 Å². The number of hydrogen-bond donors (Lipinski definition) is 2. The summed E-state index contributed by atoms with van der Waals surface area (Å²) in [7, 11) is 0. The van der Waals surface area contributed by atoms with Gasteiger partial charge in [-0.25, -0.2) is 0 Å². The van der Waals surface area contributed by atoms with Crippen molar-refractivity contribution in [3.05, 3.63) is 63.7 Å².